The van der Waals surface area contributed by atoms with Gasteiger partial charge in [-0.3, -0.25) is 9.69 Å². The summed E-state index contributed by atoms with van der Waals surface area (Å²) in [5, 5.41) is 12.6. The van der Waals surface area contributed by atoms with Crippen LogP contribution in [0.3, 0.4) is 0 Å². The molecule has 1 aliphatic rings. The number of carbonyl (C=O) groups excluding carboxylic acids is 2. The van der Waals surface area contributed by atoms with Crippen LogP contribution >= 0.6 is 0 Å². The first-order valence-corrected chi connectivity index (χ1v) is 6.89. The van der Waals surface area contributed by atoms with Crippen molar-refractivity contribution in [1.29, 1.82) is 0 Å². The molecule has 20 heavy (non-hydrogen) atoms. The molecule has 0 aromatic carbocycles. The third-order valence-corrected chi connectivity index (χ3v) is 2.71. The lowest BCUT2D eigenvalue weighted by Gasteiger charge is -2.30. The van der Waals surface area contributed by atoms with E-state index in [1.165, 1.54) is 4.90 Å². The van der Waals surface area contributed by atoms with Crippen LogP contribution in [0, 0.1) is 0 Å². The van der Waals surface area contributed by atoms with Crippen LogP contribution in [-0.4, -0.2) is 51.8 Å². The van der Waals surface area contributed by atoms with Crippen molar-refractivity contribution >= 4 is 12.0 Å². The zero-order chi connectivity index (χ0) is 15.7. The van der Waals surface area contributed by atoms with Crippen molar-refractivity contribution in [3.63, 3.8) is 0 Å². The number of likely N-dealkylation sites (tertiary alicyclic amines) is 1. The van der Waals surface area contributed by atoms with Gasteiger partial charge in [0, 0.05) is 12.0 Å². The Bertz CT molecular complexity index is 346. The van der Waals surface area contributed by atoms with E-state index in [1.807, 2.05) is 20.8 Å². The minimum Gasteiger partial charge on any atom is -0.444 e. The summed E-state index contributed by atoms with van der Waals surface area (Å²) >= 11 is 0. The van der Waals surface area contributed by atoms with Gasteiger partial charge in [0.1, 0.15) is 11.6 Å². The molecule has 0 saturated carbocycles. The average molecular weight is 286 g/mol. The zero-order valence-electron chi connectivity index (χ0n) is 13.2. The molecule has 1 saturated heterocycles. The highest BCUT2D eigenvalue weighted by Gasteiger charge is 2.41. The fourth-order valence-electron chi connectivity index (χ4n) is 2.04. The minimum absolute atomic E-state index is 0.122. The van der Waals surface area contributed by atoms with Crippen molar-refractivity contribution < 1.29 is 19.4 Å². The first kappa shape index (κ1) is 16.8. The fourth-order valence-corrected chi connectivity index (χ4v) is 2.04. The van der Waals surface area contributed by atoms with E-state index < -0.39 is 23.8 Å². The molecule has 6 nitrogen and oxygen atoms in total. The number of ether oxygens (including phenoxy) is 1. The standard InChI is InChI=1S/C14H26N2O4/c1-13(2,3)15-11(18)10-7-9(17)8-16(10)12(19)20-14(4,5)6/h9-10,17H,7-8H2,1-6H3,(H,15,18)/t9-,10-/m0/s1. The van der Waals surface area contributed by atoms with Gasteiger partial charge < -0.3 is 15.2 Å². The molecule has 1 heterocycles. The number of hydrogen-bond acceptors (Lipinski definition) is 4. The van der Waals surface area contributed by atoms with E-state index in [1.54, 1.807) is 20.8 Å². The van der Waals surface area contributed by atoms with E-state index in [2.05, 4.69) is 5.32 Å². The van der Waals surface area contributed by atoms with Crippen LogP contribution in [0.2, 0.25) is 0 Å². The van der Waals surface area contributed by atoms with Crippen LogP contribution in [0.4, 0.5) is 4.79 Å². The molecule has 6 heteroatoms. The van der Waals surface area contributed by atoms with Gasteiger partial charge in [0.2, 0.25) is 5.91 Å². The maximum atomic E-state index is 12.2. The number of aliphatic hydroxyl groups is 1. The molecule has 2 N–H and O–H groups in total. The number of nitrogens with zero attached hydrogens (tertiary/aromatic N) is 1. The number of carbonyl (C=O) groups is 2. The van der Waals surface area contributed by atoms with E-state index in [0.29, 0.717) is 0 Å². The highest BCUT2D eigenvalue weighted by molar-refractivity contribution is 5.86. The second-order valence-electron chi connectivity index (χ2n) is 7.28. The van der Waals surface area contributed by atoms with Crippen molar-refractivity contribution in [2.45, 2.75) is 71.2 Å². The average Bonchev–Trinajstić information content (AvgIpc) is 2.55. The normalized spacial score (nSPS) is 23.6. The monoisotopic (exact) mass is 286 g/mol. The molecule has 0 unspecified atom stereocenters. The van der Waals surface area contributed by atoms with Crippen LogP contribution in [0.1, 0.15) is 48.0 Å². The van der Waals surface area contributed by atoms with Gasteiger partial charge in [-0.2, -0.15) is 0 Å². The second-order valence-corrected chi connectivity index (χ2v) is 7.28. The summed E-state index contributed by atoms with van der Waals surface area (Å²) in [4.78, 5) is 25.6. The van der Waals surface area contributed by atoms with E-state index in [0.717, 1.165) is 0 Å². The summed E-state index contributed by atoms with van der Waals surface area (Å²) in [6, 6.07) is -0.681. The zero-order valence-corrected chi connectivity index (χ0v) is 13.2. The Morgan fingerprint density at radius 2 is 1.75 bits per heavy atom. The van der Waals surface area contributed by atoms with E-state index >= 15 is 0 Å². The molecular weight excluding hydrogens is 260 g/mol. The Hall–Kier alpha value is -1.30. The van der Waals surface area contributed by atoms with Crippen molar-refractivity contribution in [2.75, 3.05) is 6.54 Å². The quantitative estimate of drug-likeness (QED) is 0.761. The Kier molecular flexibility index (Phi) is 4.69. The number of hydrogen-bond donors (Lipinski definition) is 2. The van der Waals surface area contributed by atoms with Crippen molar-refractivity contribution in [3.8, 4) is 0 Å². The van der Waals surface area contributed by atoms with Gasteiger partial charge >= 0.3 is 6.09 Å². The molecule has 2 amide bonds. The molecule has 0 aliphatic carbocycles. The largest absolute Gasteiger partial charge is 0.444 e. The number of amides is 2. The van der Waals surface area contributed by atoms with E-state index in [9.17, 15) is 14.7 Å². The van der Waals surface area contributed by atoms with Gasteiger partial charge in [-0.25, -0.2) is 4.79 Å². The number of nitrogens with one attached hydrogen (secondary N) is 1. The number of aliphatic hydroxyl groups excluding tert-OH is 1. The molecule has 0 aromatic heterocycles. The Morgan fingerprint density at radius 1 is 1.20 bits per heavy atom. The summed E-state index contributed by atoms with van der Waals surface area (Å²) in [6.45, 7) is 11.0. The number of rotatable bonds is 1. The van der Waals surface area contributed by atoms with Gasteiger partial charge in [-0.05, 0) is 41.5 Å². The predicted octanol–water partition coefficient (Wildman–Crippen LogP) is 1.27. The SMILES string of the molecule is CC(C)(C)NC(=O)[C@@H]1C[C@H](O)CN1C(=O)OC(C)(C)C. The molecule has 0 spiro atoms. The Balaban J connectivity index is 2.78. The Labute approximate surface area is 120 Å². The second kappa shape index (κ2) is 5.60. The molecule has 116 valence electrons. The molecule has 1 aliphatic heterocycles. The maximum absolute atomic E-state index is 12.2. The molecule has 0 bridgehead atoms. The summed E-state index contributed by atoms with van der Waals surface area (Å²) in [6.07, 6.45) is -1.03. The molecule has 1 fully saturated rings. The van der Waals surface area contributed by atoms with Gasteiger partial charge in [-0.1, -0.05) is 0 Å². The van der Waals surface area contributed by atoms with E-state index in [4.69, 9.17) is 4.74 Å². The molecule has 1 rings (SSSR count). The minimum atomic E-state index is -0.696. The summed E-state index contributed by atoms with van der Waals surface area (Å²) < 4.78 is 5.28. The summed E-state index contributed by atoms with van der Waals surface area (Å²) in [5.41, 5.74) is -1.01. The summed E-state index contributed by atoms with van der Waals surface area (Å²) in [5.74, 6) is -0.264. The lowest BCUT2D eigenvalue weighted by atomic mass is 10.1. The molecular formula is C14H26N2O4. The van der Waals surface area contributed by atoms with Gasteiger partial charge in [-0.15, -0.1) is 0 Å². The smallest absolute Gasteiger partial charge is 0.411 e. The molecule has 0 aromatic rings. The molecule has 2 atom stereocenters. The highest BCUT2D eigenvalue weighted by atomic mass is 16.6. The highest BCUT2D eigenvalue weighted by Crippen LogP contribution is 2.22. The van der Waals surface area contributed by atoms with Crippen LogP contribution < -0.4 is 5.32 Å². The van der Waals surface area contributed by atoms with Crippen LogP contribution in [0.25, 0.3) is 0 Å². The lowest BCUT2D eigenvalue weighted by Crippen LogP contribution is -2.52. The van der Waals surface area contributed by atoms with Crippen LogP contribution in [-0.2, 0) is 9.53 Å². The first-order chi connectivity index (χ1) is 8.89. The van der Waals surface area contributed by atoms with Crippen LogP contribution in [0.5, 0.6) is 0 Å². The van der Waals surface area contributed by atoms with Gasteiger partial charge in [0.15, 0.2) is 0 Å². The van der Waals surface area contributed by atoms with Gasteiger partial charge in [0.25, 0.3) is 0 Å². The predicted molar refractivity (Wildman–Crippen MR) is 75.2 cm³/mol. The summed E-state index contributed by atoms with van der Waals surface area (Å²) in [7, 11) is 0. The van der Waals surface area contributed by atoms with Gasteiger partial charge in [0.05, 0.1) is 12.6 Å². The maximum Gasteiger partial charge on any atom is 0.411 e. The van der Waals surface area contributed by atoms with Crippen LogP contribution in [0.15, 0.2) is 0 Å². The van der Waals surface area contributed by atoms with Crippen molar-refractivity contribution in [1.82, 2.24) is 10.2 Å². The lowest BCUT2D eigenvalue weighted by molar-refractivity contribution is -0.127. The number of β-amino-alcohol motifs (C(OH)–C–C–N with tert-alkyl or cyclic N) is 1. The Morgan fingerprint density at radius 3 is 2.20 bits per heavy atom. The van der Waals surface area contributed by atoms with Crippen molar-refractivity contribution in [3.05, 3.63) is 0 Å². The molecule has 0 radical (unpaired) electrons. The topological polar surface area (TPSA) is 78.9 Å². The third kappa shape index (κ3) is 5.00. The van der Waals surface area contributed by atoms with Crippen molar-refractivity contribution in [2.24, 2.45) is 0 Å². The van der Waals surface area contributed by atoms with E-state index in [-0.39, 0.29) is 24.4 Å². The first-order valence-electron chi connectivity index (χ1n) is 6.89. The third-order valence-electron chi connectivity index (χ3n) is 2.71. The fraction of sp³-hybridized carbons (Fsp3) is 0.857.